The van der Waals surface area contributed by atoms with Crippen LogP contribution in [0, 0.1) is 12.7 Å². The molecule has 0 aliphatic rings. The lowest BCUT2D eigenvalue weighted by Crippen LogP contribution is -2.05. The van der Waals surface area contributed by atoms with Crippen molar-refractivity contribution in [3.63, 3.8) is 0 Å². The van der Waals surface area contributed by atoms with Crippen LogP contribution in [0.2, 0.25) is 0 Å². The molecule has 0 unspecified atom stereocenters. The van der Waals surface area contributed by atoms with Crippen LogP contribution in [0.4, 0.5) is 4.39 Å². The SMILES string of the molecule is Cc1c(-c2cc(Br)ccc2F)nn(C)c1CN. The maximum Gasteiger partial charge on any atom is 0.132 e. The molecule has 0 aliphatic heterocycles. The predicted octanol–water partition coefficient (Wildman–Crippen LogP) is 2.76. The Labute approximate surface area is 108 Å². The minimum absolute atomic E-state index is 0.280. The van der Waals surface area contributed by atoms with Crippen molar-refractivity contribution in [2.75, 3.05) is 0 Å². The van der Waals surface area contributed by atoms with Gasteiger partial charge in [0.25, 0.3) is 0 Å². The van der Waals surface area contributed by atoms with Gasteiger partial charge in [-0.15, -0.1) is 0 Å². The first kappa shape index (κ1) is 12.3. The van der Waals surface area contributed by atoms with Crippen molar-refractivity contribution >= 4 is 15.9 Å². The van der Waals surface area contributed by atoms with Gasteiger partial charge >= 0.3 is 0 Å². The van der Waals surface area contributed by atoms with E-state index in [1.54, 1.807) is 16.8 Å². The third-order valence-corrected chi connectivity index (χ3v) is 3.30. The fourth-order valence-corrected chi connectivity index (χ4v) is 2.25. The van der Waals surface area contributed by atoms with E-state index in [4.69, 9.17) is 5.73 Å². The molecule has 0 spiro atoms. The summed E-state index contributed by atoms with van der Waals surface area (Å²) in [5.41, 5.74) is 8.62. The number of nitrogens with zero attached hydrogens (tertiary/aromatic N) is 2. The van der Waals surface area contributed by atoms with Crippen LogP contribution in [0.3, 0.4) is 0 Å². The molecule has 1 aromatic heterocycles. The molecule has 90 valence electrons. The molecule has 5 heteroatoms. The van der Waals surface area contributed by atoms with Gasteiger partial charge in [0, 0.05) is 23.6 Å². The third kappa shape index (κ3) is 2.12. The van der Waals surface area contributed by atoms with Gasteiger partial charge < -0.3 is 5.73 Å². The van der Waals surface area contributed by atoms with E-state index in [0.29, 0.717) is 17.8 Å². The van der Waals surface area contributed by atoms with E-state index < -0.39 is 0 Å². The first-order chi connectivity index (χ1) is 8.04. The van der Waals surface area contributed by atoms with Crippen molar-refractivity contribution in [3.8, 4) is 11.3 Å². The summed E-state index contributed by atoms with van der Waals surface area (Å²) in [6, 6.07) is 4.82. The van der Waals surface area contributed by atoms with Crippen molar-refractivity contribution in [1.82, 2.24) is 9.78 Å². The minimum atomic E-state index is -0.280. The maximum absolute atomic E-state index is 13.8. The average Bonchev–Trinajstić information content (AvgIpc) is 2.57. The fraction of sp³-hybridized carbons (Fsp3) is 0.250. The maximum atomic E-state index is 13.8. The minimum Gasteiger partial charge on any atom is -0.325 e. The summed E-state index contributed by atoms with van der Waals surface area (Å²) >= 11 is 3.33. The highest BCUT2D eigenvalue weighted by atomic mass is 79.9. The lowest BCUT2D eigenvalue weighted by Gasteiger charge is -2.02. The molecular weight excluding hydrogens is 285 g/mol. The van der Waals surface area contributed by atoms with Crippen molar-refractivity contribution in [2.45, 2.75) is 13.5 Å². The van der Waals surface area contributed by atoms with Gasteiger partial charge in [0.2, 0.25) is 0 Å². The molecule has 0 fully saturated rings. The Bertz CT molecular complexity index is 563. The van der Waals surface area contributed by atoms with Gasteiger partial charge in [0.05, 0.1) is 11.4 Å². The van der Waals surface area contributed by atoms with E-state index in [9.17, 15) is 4.39 Å². The smallest absolute Gasteiger partial charge is 0.132 e. The molecule has 0 aliphatic carbocycles. The van der Waals surface area contributed by atoms with Crippen molar-refractivity contribution < 1.29 is 4.39 Å². The zero-order chi connectivity index (χ0) is 12.6. The molecule has 0 saturated heterocycles. The molecule has 1 heterocycles. The second kappa shape index (κ2) is 4.58. The summed E-state index contributed by atoms with van der Waals surface area (Å²) in [7, 11) is 1.81. The number of benzene rings is 1. The van der Waals surface area contributed by atoms with Gasteiger partial charge in [-0.25, -0.2) is 4.39 Å². The Kier molecular flexibility index (Phi) is 3.31. The third-order valence-electron chi connectivity index (χ3n) is 2.81. The van der Waals surface area contributed by atoms with Crippen LogP contribution in [-0.2, 0) is 13.6 Å². The first-order valence-corrected chi connectivity index (χ1v) is 6.02. The van der Waals surface area contributed by atoms with Crippen molar-refractivity contribution in [3.05, 3.63) is 39.7 Å². The molecule has 1 aromatic carbocycles. The van der Waals surface area contributed by atoms with Crippen LogP contribution in [-0.4, -0.2) is 9.78 Å². The van der Waals surface area contributed by atoms with E-state index >= 15 is 0 Å². The number of aromatic nitrogens is 2. The Morgan fingerprint density at radius 3 is 2.76 bits per heavy atom. The quantitative estimate of drug-likeness (QED) is 0.926. The van der Waals surface area contributed by atoms with Gasteiger partial charge in [-0.05, 0) is 30.7 Å². The Balaban J connectivity index is 2.64. The molecule has 0 amide bonds. The monoisotopic (exact) mass is 297 g/mol. The van der Waals surface area contributed by atoms with E-state index in [1.807, 2.05) is 14.0 Å². The number of hydrogen-bond donors (Lipinski definition) is 1. The number of rotatable bonds is 2. The molecule has 0 bridgehead atoms. The highest BCUT2D eigenvalue weighted by Gasteiger charge is 2.16. The largest absolute Gasteiger partial charge is 0.325 e. The van der Waals surface area contributed by atoms with Gasteiger partial charge in [0.1, 0.15) is 5.82 Å². The van der Waals surface area contributed by atoms with Crippen molar-refractivity contribution in [1.29, 1.82) is 0 Å². The highest BCUT2D eigenvalue weighted by Crippen LogP contribution is 2.29. The summed E-state index contributed by atoms with van der Waals surface area (Å²) in [5.74, 6) is -0.280. The first-order valence-electron chi connectivity index (χ1n) is 5.22. The summed E-state index contributed by atoms with van der Waals surface area (Å²) in [6.45, 7) is 2.30. The van der Waals surface area contributed by atoms with E-state index in [1.165, 1.54) is 6.07 Å². The van der Waals surface area contributed by atoms with Crippen LogP contribution in [0.25, 0.3) is 11.3 Å². The van der Waals surface area contributed by atoms with Crippen LogP contribution in [0.1, 0.15) is 11.3 Å². The summed E-state index contributed by atoms with van der Waals surface area (Å²) in [5, 5.41) is 4.33. The van der Waals surface area contributed by atoms with Crippen LogP contribution in [0.15, 0.2) is 22.7 Å². The summed E-state index contributed by atoms with van der Waals surface area (Å²) in [4.78, 5) is 0. The molecule has 0 radical (unpaired) electrons. The topological polar surface area (TPSA) is 43.8 Å². The van der Waals surface area contributed by atoms with Gasteiger partial charge in [0.15, 0.2) is 0 Å². The van der Waals surface area contributed by atoms with Crippen LogP contribution >= 0.6 is 15.9 Å². The standard InChI is InChI=1S/C12H13BrFN3/c1-7-11(6-15)17(2)16-12(7)9-5-8(13)3-4-10(9)14/h3-5H,6,15H2,1-2H3. The van der Waals surface area contributed by atoms with Gasteiger partial charge in [-0.2, -0.15) is 5.10 Å². The van der Waals surface area contributed by atoms with Crippen LogP contribution in [0.5, 0.6) is 0 Å². The molecule has 2 N–H and O–H groups in total. The molecule has 3 nitrogen and oxygen atoms in total. The molecule has 0 atom stereocenters. The van der Waals surface area contributed by atoms with E-state index in [2.05, 4.69) is 21.0 Å². The normalized spacial score (nSPS) is 10.9. The number of hydrogen-bond acceptors (Lipinski definition) is 2. The number of halogens is 2. The van der Waals surface area contributed by atoms with E-state index in [-0.39, 0.29) is 5.82 Å². The lowest BCUT2D eigenvalue weighted by molar-refractivity contribution is 0.629. The summed E-state index contributed by atoms with van der Waals surface area (Å²) < 4.78 is 16.3. The second-order valence-corrected chi connectivity index (χ2v) is 4.79. The van der Waals surface area contributed by atoms with Crippen molar-refractivity contribution in [2.24, 2.45) is 12.8 Å². The molecule has 0 saturated carbocycles. The predicted molar refractivity (Wildman–Crippen MR) is 68.9 cm³/mol. The molecule has 2 rings (SSSR count). The molecule has 2 aromatic rings. The Morgan fingerprint density at radius 2 is 2.18 bits per heavy atom. The number of nitrogens with two attached hydrogens (primary N) is 1. The molecule has 17 heavy (non-hydrogen) atoms. The Morgan fingerprint density at radius 1 is 1.47 bits per heavy atom. The van der Waals surface area contributed by atoms with Gasteiger partial charge in [-0.3, -0.25) is 4.68 Å². The molecular formula is C12H13BrFN3. The van der Waals surface area contributed by atoms with E-state index in [0.717, 1.165) is 15.7 Å². The average molecular weight is 298 g/mol. The van der Waals surface area contributed by atoms with Crippen LogP contribution < -0.4 is 5.73 Å². The zero-order valence-corrected chi connectivity index (χ0v) is 11.3. The number of aryl methyl sites for hydroxylation is 1. The zero-order valence-electron chi connectivity index (χ0n) is 9.67. The summed E-state index contributed by atoms with van der Waals surface area (Å²) in [6.07, 6.45) is 0. The highest BCUT2D eigenvalue weighted by molar-refractivity contribution is 9.10. The van der Waals surface area contributed by atoms with Gasteiger partial charge in [-0.1, -0.05) is 15.9 Å². The second-order valence-electron chi connectivity index (χ2n) is 3.87. The lowest BCUT2D eigenvalue weighted by atomic mass is 10.1. The fourth-order valence-electron chi connectivity index (χ4n) is 1.88. The Hall–Kier alpha value is -1.20.